The molecule has 0 spiro atoms. The average Bonchev–Trinajstić information content (AvgIpc) is 3.45. The molecular formula is C21H26N6O2. The van der Waals surface area contributed by atoms with Crippen LogP contribution in [0, 0.1) is 5.92 Å². The molecule has 0 aliphatic carbocycles. The Morgan fingerprint density at radius 3 is 2.69 bits per heavy atom. The van der Waals surface area contributed by atoms with Gasteiger partial charge in [0, 0.05) is 30.9 Å². The van der Waals surface area contributed by atoms with Gasteiger partial charge in [-0.25, -0.2) is 4.68 Å². The lowest BCUT2D eigenvalue weighted by Crippen LogP contribution is -2.38. The topological polar surface area (TPSA) is 89.1 Å². The number of hydrogen-bond acceptors (Lipinski definition) is 6. The van der Waals surface area contributed by atoms with E-state index in [1.807, 2.05) is 43.5 Å². The predicted octanol–water partition coefficient (Wildman–Crippen LogP) is 2.46. The van der Waals surface area contributed by atoms with Gasteiger partial charge in [0.25, 0.3) is 5.91 Å². The number of benzene rings is 1. The molecule has 2 aromatic heterocycles. The number of likely N-dealkylation sites (tertiary alicyclic amines) is 1. The lowest BCUT2D eigenvalue weighted by atomic mass is 9.96. The van der Waals surface area contributed by atoms with Gasteiger partial charge in [0.05, 0.1) is 12.2 Å². The Morgan fingerprint density at radius 1 is 1.24 bits per heavy atom. The van der Waals surface area contributed by atoms with Crippen molar-refractivity contribution >= 4 is 5.91 Å². The van der Waals surface area contributed by atoms with Crippen LogP contribution in [0.15, 0.2) is 47.2 Å². The van der Waals surface area contributed by atoms with Crippen LogP contribution in [0.2, 0.25) is 0 Å². The van der Waals surface area contributed by atoms with Gasteiger partial charge in [-0.3, -0.25) is 9.69 Å². The smallest absolute Gasteiger partial charge is 0.251 e. The van der Waals surface area contributed by atoms with Gasteiger partial charge in [-0.2, -0.15) is 10.1 Å². The first-order valence-electron chi connectivity index (χ1n) is 10.1. The molecule has 0 bridgehead atoms. The highest BCUT2D eigenvalue weighted by atomic mass is 16.5. The van der Waals surface area contributed by atoms with Gasteiger partial charge in [0.15, 0.2) is 5.82 Å². The fraction of sp³-hybridized carbons (Fsp3) is 0.429. The lowest BCUT2D eigenvalue weighted by molar-refractivity contribution is 0.0934. The summed E-state index contributed by atoms with van der Waals surface area (Å²) in [5.74, 6) is 1.91. The average molecular weight is 394 g/mol. The minimum absolute atomic E-state index is 0.0293. The first kappa shape index (κ1) is 19.3. The Morgan fingerprint density at radius 2 is 2.03 bits per heavy atom. The molecule has 0 radical (unpaired) electrons. The molecule has 0 saturated carbocycles. The fourth-order valence-corrected chi connectivity index (χ4v) is 3.57. The summed E-state index contributed by atoms with van der Waals surface area (Å²) >= 11 is 0. The lowest BCUT2D eigenvalue weighted by Gasteiger charge is -2.31. The summed E-state index contributed by atoms with van der Waals surface area (Å²) in [6, 6.07) is 9.36. The Labute approximate surface area is 169 Å². The number of carbonyl (C=O) groups is 1. The van der Waals surface area contributed by atoms with Gasteiger partial charge in [-0.1, -0.05) is 12.1 Å². The minimum Gasteiger partial charge on any atom is -0.352 e. The highest BCUT2D eigenvalue weighted by Crippen LogP contribution is 2.18. The van der Waals surface area contributed by atoms with Crippen LogP contribution >= 0.6 is 0 Å². The van der Waals surface area contributed by atoms with E-state index in [0.29, 0.717) is 23.9 Å². The van der Waals surface area contributed by atoms with Crippen LogP contribution in [0.5, 0.6) is 0 Å². The van der Waals surface area contributed by atoms with Crippen molar-refractivity contribution in [3.8, 4) is 5.69 Å². The third-order valence-corrected chi connectivity index (χ3v) is 5.33. The summed E-state index contributed by atoms with van der Waals surface area (Å²) in [5.41, 5.74) is 1.61. The normalized spacial score (nSPS) is 15.5. The predicted molar refractivity (Wildman–Crippen MR) is 108 cm³/mol. The van der Waals surface area contributed by atoms with Crippen LogP contribution in [-0.2, 0) is 13.0 Å². The standard InChI is InChI=1S/C21H26N6O2/c1-2-20-24-19(25-29-20)15-26-12-8-16(9-13-26)14-22-21(28)17-4-6-18(7-5-17)27-11-3-10-23-27/h3-7,10-11,16H,2,8-9,12-15H2,1H3,(H,22,28). The number of aryl methyl sites for hydroxylation is 1. The SMILES string of the molecule is CCc1nc(CN2CCC(CNC(=O)c3ccc(-n4cccn4)cc3)CC2)no1. The molecule has 1 aliphatic heterocycles. The Bertz CT molecular complexity index is 911. The van der Waals surface area contributed by atoms with Gasteiger partial charge in [0.1, 0.15) is 0 Å². The van der Waals surface area contributed by atoms with E-state index in [2.05, 4.69) is 25.5 Å². The molecule has 29 heavy (non-hydrogen) atoms. The molecule has 3 aromatic rings. The van der Waals surface area contributed by atoms with Crippen molar-refractivity contribution in [2.75, 3.05) is 19.6 Å². The van der Waals surface area contributed by atoms with Crippen LogP contribution in [-0.4, -0.2) is 50.4 Å². The maximum Gasteiger partial charge on any atom is 0.251 e. The second-order valence-corrected chi connectivity index (χ2v) is 7.38. The van der Waals surface area contributed by atoms with E-state index in [9.17, 15) is 4.79 Å². The van der Waals surface area contributed by atoms with Crippen LogP contribution in [0.1, 0.15) is 41.8 Å². The van der Waals surface area contributed by atoms with Gasteiger partial charge in [0.2, 0.25) is 5.89 Å². The molecule has 152 valence electrons. The minimum atomic E-state index is -0.0293. The zero-order valence-corrected chi connectivity index (χ0v) is 16.6. The Kier molecular flexibility index (Phi) is 6.00. The summed E-state index contributed by atoms with van der Waals surface area (Å²) in [7, 11) is 0. The summed E-state index contributed by atoms with van der Waals surface area (Å²) in [6.07, 6.45) is 6.48. The summed E-state index contributed by atoms with van der Waals surface area (Å²) < 4.78 is 6.94. The molecule has 1 amide bonds. The molecule has 1 saturated heterocycles. The number of carbonyl (C=O) groups excluding carboxylic acids is 1. The molecule has 4 rings (SSSR count). The van der Waals surface area contributed by atoms with Crippen molar-refractivity contribution in [1.29, 1.82) is 0 Å². The summed E-state index contributed by atoms with van der Waals surface area (Å²) in [4.78, 5) is 19.2. The second-order valence-electron chi connectivity index (χ2n) is 7.38. The number of amides is 1. The highest BCUT2D eigenvalue weighted by molar-refractivity contribution is 5.94. The maximum absolute atomic E-state index is 12.5. The monoisotopic (exact) mass is 394 g/mol. The number of rotatable bonds is 7. The molecule has 0 unspecified atom stereocenters. The number of aromatic nitrogens is 4. The van der Waals surface area contributed by atoms with E-state index >= 15 is 0 Å². The van der Waals surface area contributed by atoms with E-state index in [0.717, 1.165) is 50.4 Å². The quantitative estimate of drug-likeness (QED) is 0.662. The summed E-state index contributed by atoms with van der Waals surface area (Å²) in [6.45, 7) is 5.40. The van der Waals surface area contributed by atoms with Crippen molar-refractivity contribution in [3.63, 3.8) is 0 Å². The molecule has 1 aliphatic rings. The molecule has 8 heteroatoms. The molecule has 8 nitrogen and oxygen atoms in total. The van der Waals surface area contributed by atoms with E-state index in [-0.39, 0.29) is 5.91 Å². The first-order valence-corrected chi connectivity index (χ1v) is 10.1. The van der Waals surface area contributed by atoms with Crippen LogP contribution in [0.25, 0.3) is 5.69 Å². The fourth-order valence-electron chi connectivity index (χ4n) is 3.57. The van der Waals surface area contributed by atoms with Crippen molar-refractivity contribution < 1.29 is 9.32 Å². The van der Waals surface area contributed by atoms with Crippen molar-refractivity contribution in [3.05, 3.63) is 60.0 Å². The second kappa shape index (κ2) is 9.00. The third kappa shape index (κ3) is 4.89. The van der Waals surface area contributed by atoms with E-state index < -0.39 is 0 Å². The molecule has 3 heterocycles. The number of piperidine rings is 1. The van der Waals surface area contributed by atoms with Crippen molar-refractivity contribution in [2.24, 2.45) is 5.92 Å². The molecular weight excluding hydrogens is 368 g/mol. The number of nitrogens with zero attached hydrogens (tertiary/aromatic N) is 5. The van der Waals surface area contributed by atoms with Crippen LogP contribution in [0.3, 0.4) is 0 Å². The molecule has 1 aromatic carbocycles. The third-order valence-electron chi connectivity index (χ3n) is 5.33. The molecule has 1 fully saturated rings. The van der Waals surface area contributed by atoms with Crippen LogP contribution < -0.4 is 5.32 Å². The number of hydrogen-bond donors (Lipinski definition) is 1. The van der Waals surface area contributed by atoms with E-state index in [4.69, 9.17) is 4.52 Å². The van der Waals surface area contributed by atoms with Gasteiger partial charge in [-0.15, -0.1) is 0 Å². The first-order chi connectivity index (χ1) is 14.2. The van der Waals surface area contributed by atoms with Gasteiger partial charge < -0.3 is 9.84 Å². The van der Waals surface area contributed by atoms with Crippen LogP contribution in [0.4, 0.5) is 0 Å². The maximum atomic E-state index is 12.5. The van der Waals surface area contributed by atoms with Gasteiger partial charge >= 0.3 is 0 Å². The highest BCUT2D eigenvalue weighted by Gasteiger charge is 2.21. The Balaban J connectivity index is 1.21. The largest absolute Gasteiger partial charge is 0.352 e. The van der Waals surface area contributed by atoms with E-state index in [1.54, 1.807) is 10.9 Å². The Hall–Kier alpha value is -3.00. The van der Waals surface area contributed by atoms with Crippen molar-refractivity contribution in [1.82, 2.24) is 30.1 Å². The molecule has 0 atom stereocenters. The summed E-state index contributed by atoms with van der Waals surface area (Å²) in [5, 5.41) is 11.3. The van der Waals surface area contributed by atoms with Crippen molar-refractivity contribution in [2.45, 2.75) is 32.7 Å². The number of nitrogens with one attached hydrogen (secondary N) is 1. The van der Waals surface area contributed by atoms with E-state index in [1.165, 1.54) is 0 Å². The zero-order valence-electron chi connectivity index (χ0n) is 16.6. The molecule has 1 N–H and O–H groups in total. The zero-order chi connectivity index (χ0) is 20.1. The van der Waals surface area contributed by atoms with Gasteiger partial charge in [-0.05, 0) is 62.2 Å².